The van der Waals surface area contributed by atoms with Gasteiger partial charge in [-0.25, -0.2) is 4.98 Å². The molecule has 0 aliphatic heterocycles. The molecule has 0 radical (unpaired) electrons. The molecule has 0 atom stereocenters. The van der Waals surface area contributed by atoms with Crippen molar-refractivity contribution >= 4 is 16.7 Å². The Morgan fingerprint density at radius 3 is 2.63 bits per heavy atom. The summed E-state index contributed by atoms with van der Waals surface area (Å²) in [6.45, 7) is 0.421. The van der Waals surface area contributed by atoms with Crippen molar-refractivity contribution in [1.29, 1.82) is 0 Å². The van der Waals surface area contributed by atoms with E-state index in [0.29, 0.717) is 18.2 Å². The molecule has 1 aromatic carbocycles. The van der Waals surface area contributed by atoms with Gasteiger partial charge in [0.1, 0.15) is 6.61 Å². The van der Waals surface area contributed by atoms with Crippen LogP contribution in [0.2, 0.25) is 0 Å². The van der Waals surface area contributed by atoms with Crippen molar-refractivity contribution in [3.8, 4) is 5.75 Å². The molecule has 0 unspecified atom stereocenters. The first-order chi connectivity index (χ1) is 9.34. The highest BCUT2D eigenvalue weighted by atomic mass is 16.5. The molecule has 2 aromatic heterocycles. The lowest BCUT2D eigenvalue weighted by atomic mass is 10.1. The van der Waals surface area contributed by atoms with Gasteiger partial charge in [0.2, 0.25) is 0 Å². The van der Waals surface area contributed by atoms with Crippen molar-refractivity contribution < 1.29 is 4.74 Å². The Morgan fingerprint density at radius 2 is 1.74 bits per heavy atom. The fraction of sp³-hybridized carbons (Fsp3) is 0.0667. The van der Waals surface area contributed by atoms with Gasteiger partial charge in [-0.05, 0) is 18.2 Å². The summed E-state index contributed by atoms with van der Waals surface area (Å²) in [4.78, 5) is 8.38. The number of aromatic nitrogens is 2. The summed E-state index contributed by atoms with van der Waals surface area (Å²) < 4.78 is 5.70. The summed E-state index contributed by atoms with van der Waals surface area (Å²) in [5, 5.41) is 1.10. The maximum absolute atomic E-state index is 5.75. The topological polar surface area (TPSA) is 61.0 Å². The number of nitrogen functional groups attached to an aromatic ring is 1. The molecule has 0 aliphatic rings. The molecule has 3 aromatic rings. The standard InChI is InChI=1S/C15H13N3O/c16-15-13(7-3-9-18-15)19-10-12-5-1-4-11-6-2-8-17-14(11)12/h1-9H,10H2,(H2,16,18). The minimum atomic E-state index is 0.399. The molecule has 4 heteroatoms. The third-order valence-corrected chi connectivity index (χ3v) is 2.90. The summed E-state index contributed by atoms with van der Waals surface area (Å²) in [6, 6.07) is 13.6. The Hall–Kier alpha value is -2.62. The van der Waals surface area contributed by atoms with Crippen molar-refractivity contribution in [3.05, 3.63) is 60.4 Å². The van der Waals surface area contributed by atoms with Crippen LogP contribution in [0, 0.1) is 0 Å². The molecule has 0 saturated heterocycles. The first kappa shape index (κ1) is 11.5. The molecular formula is C15H13N3O. The maximum atomic E-state index is 5.75. The molecule has 0 fully saturated rings. The highest BCUT2D eigenvalue weighted by Gasteiger charge is 2.04. The number of hydrogen-bond acceptors (Lipinski definition) is 4. The maximum Gasteiger partial charge on any atom is 0.166 e. The molecule has 0 bridgehead atoms. The van der Waals surface area contributed by atoms with E-state index in [4.69, 9.17) is 10.5 Å². The Balaban J connectivity index is 1.88. The molecule has 94 valence electrons. The summed E-state index contributed by atoms with van der Waals surface area (Å²) in [6.07, 6.45) is 3.42. The molecular weight excluding hydrogens is 238 g/mol. The number of nitrogens with zero attached hydrogens (tertiary/aromatic N) is 2. The van der Waals surface area contributed by atoms with Crippen molar-refractivity contribution in [1.82, 2.24) is 9.97 Å². The highest BCUT2D eigenvalue weighted by Crippen LogP contribution is 2.21. The molecule has 2 heterocycles. The van der Waals surface area contributed by atoms with Gasteiger partial charge in [0, 0.05) is 23.3 Å². The lowest BCUT2D eigenvalue weighted by Gasteiger charge is -2.09. The Kier molecular flexibility index (Phi) is 2.98. The second-order valence-electron chi connectivity index (χ2n) is 4.17. The van der Waals surface area contributed by atoms with E-state index in [9.17, 15) is 0 Å². The normalized spacial score (nSPS) is 10.5. The van der Waals surface area contributed by atoms with Crippen LogP contribution in [0.25, 0.3) is 10.9 Å². The van der Waals surface area contributed by atoms with Gasteiger partial charge in [-0.1, -0.05) is 24.3 Å². The monoisotopic (exact) mass is 251 g/mol. The molecule has 0 aliphatic carbocycles. The summed E-state index contributed by atoms with van der Waals surface area (Å²) in [5.74, 6) is 0.992. The number of benzene rings is 1. The van der Waals surface area contributed by atoms with Gasteiger partial charge >= 0.3 is 0 Å². The highest BCUT2D eigenvalue weighted by molar-refractivity contribution is 5.81. The van der Waals surface area contributed by atoms with E-state index >= 15 is 0 Å². The number of nitrogens with two attached hydrogens (primary N) is 1. The average Bonchev–Trinajstić information content (AvgIpc) is 2.46. The Morgan fingerprint density at radius 1 is 0.947 bits per heavy atom. The quantitative estimate of drug-likeness (QED) is 0.777. The summed E-state index contributed by atoms with van der Waals surface area (Å²) in [7, 11) is 0. The van der Waals surface area contributed by atoms with Gasteiger partial charge in [-0.2, -0.15) is 0 Å². The molecule has 2 N–H and O–H groups in total. The molecule has 19 heavy (non-hydrogen) atoms. The van der Waals surface area contributed by atoms with Gasteiger partial charge in [-0.3, -0.25) is 4.98 Å². The van der Waals surface area contributed by atoms with Crippen LogP contribution in [0.3, 0.4) is 0 Å². The van der Waals surface area contributed by atoms with Crippen LogP contribution in [0.15, 0.2) is 54.9 Å². The largest absolute Gasteiger partial charge is 0.485 e. The van der Waals surface area contributed by atoms with Gasteiger partial charge in [-0.15, -0.1) is 0 Å². The average molecular weight is 251 g/mol. The third-order valence-electron chi connectivity index (χ3n) is 2.90. The Labute approximate surface area is 110 Å². The second-order valence-corrected chi connectivity index (χ2v) is 4.17. The summed E-state index contributed by atoms with van der Waals surface area (Å²) in [5.41, 5.74) is 7.73. The van der Waals surface area contributed by atoms with Gasteiger partial charge in [0.05, 0.1) is 5.52 Å². The molecule has 3 rings (SSSR count). The van der Waals surface area contributed by atoms with E-state index in [2.05, 4.69) is 9.97 Å². The first-order valence-electron chi connectivity index (χ1n) is 6.00. The predicted molar refractivity (Wildman–Crippen MR) is 74.7 cm³/mol. The molecule has 0 amide bonds. The first-order valence-corrected chi connectivity index (χ1v) is 6.00. The third kappa shape index (κ3) is 2.33. The minimum Gasteiger partial charge on any atom is -0.485 e. The van der Waals surface area contributed by atoms with Crippen LogP contribution in [0.5, 0.6) is 5.75 Å². The number of ether oxygens (including phenoxy) is 1. The van der Waals surface area contributed by atoms with E-state index in [1.165, 1.54) is 0 Å². The van der Waals surface area contributed by atoms with Crippen LogP contribution in [-0.4, -0.2) is 9.97 Å². The van der Waals surface area contributed by atoms with E-state index in [1.54, 1.807) is 24.5 Å². The van der Waals surface area contributed by atoms with Crippen molar-refractivity contribution in [2.24, 2.45) is 0 Å². The lowest BCUT2D eigenvalue weighted by molar-refractivity contribution is 0.308. The van der Waals surface area contributed by atoms with Crippen LogP contribution >= 0.6 is 0 Å². The number of rotatable bonds is 3. The zero-order valence-corrected chi connectivity index (χ0v) is 10.3. The number of para-hydroxylation sites is 1. The Bertz CT molecular complexity index is 707. The SMILES string of the molecule is Nc1ncccc1OCc1cccc2cccnc12. The lowest BCUT2D eigenvalue weighted by Crippen LogP contribution is -2.01. The van der Waals surface area contributed by atoms with E-state index in [1.807, 2.05) is 30.3 Å². The number of pyridine rings is 2. The minimum absolute atomic E-state index is 0.399. The smallest absolute Gasteiger partial charge is 0.166 e. The van der Waals surface area contributed by atoms with Crippen molar-refractivity contribution in [2.45, 2.75) is 6.61 Å². The van der Waals surface area contributed by atoms with E-state index in [0.717, 1.165) is 16.5 Å². The van der Waals surface area contributed by atoms with Crippen LogP contribution in [0.4, 0.5) is 5.82 Å². The molecule has 0 spiro atoms. The molecule has 4 nitrogen and oxygen atoms in total. The van der Waals surface area contributed by atoms with Crippen LogP contribution < -0.4 is 10.5 Å². The van der Waals surface area contributed by atoms with Crippen LogP contribution in [-0.2, 0) is 6.61 Å². The zero-order chi connectivity index (χ0) is 13.1. The summed E-state index contributed by atoms with van der Waals surface area (Å²) >= 11 is 0. The van der Waals surface area contributed by atoms with E-state index < -0.39 is 0 Å². The number of anilines is 1. The zero-order valence-electron chi connectivity index (χ0n) is 10.3. The van der Waals surface area contributed by atoms with Crippen molar-refractivity contribution in [3.63, 3.8) is 0 Å². The predicted octanol–water partition coefficient (Wildman–Crippen LogP) is 2.79. The number of fused-ring (bicyclic) bond motifs is 1. The number of hydrogen-bond donors (Lipinski definition) is 1. The van der Waals surface area contributed by atoms with Gasteiger partial charge in [0.15, 0.2) is 11.6 Å². The van der Waals surface area contributed by atoms with Crippen LogP contribution in [0.1, 0.15) is 5.56 Å². The van der Waals surface area contributed by atoms with Gasteiger partial charge < -0.3 is 10.5 Å². The van der Waals surface area contributed by atoms with E-state index in [-0.39, 0.29) is 0 Å². The van der Waals surface area contributed by atoms with Crippen molar-refractivity contribution in [2.75, 3.05) is 5.73 Å². The molecule has 0 saturated carbocycles. The van der Waals surface area contributed by atoms with Gasteiger partial charge in [0.25, 0.3) is 0 Å². The fourth-order valence-electron chi connectivity index (χ4n) is 1.96. The fourth-order valence-corrected chi connectivity index (χ4v) is 1.96. The second kappa shape index (κ2) is 4.94.